The molecule has 1 aromatic heterocycles. The summed E-state index contributed by atoms with van der Waals surface area (Å²) >= 11 is 0. The number of H-pyrrole nitrogens is 1. The Hall–Kier alpha value is -2.26. The number of benzene rings is 1. The Labute approximate surface area is 91.7 Å². The summed E-state index contributed by atoms with van der Waals surface area (Å²) < 4.78 is 0. The number of amides is 1. The highest BCUT2D eigenvalue weighted by molar-refractivity contribution is 5.81. The lowest BCUT2D eigenvalue weighted by Crippen LogP contribution is -1.94. The lowest BCUT2D eigenvalue weighted by atomic mass is 10.2. The normalized spacial score (nSPS) is 10.0. The zero-order valence-electron chi connectivity index (χ0n) is 8.55. The lowest BCUT2D eigenvalue weighted by molar-refractivity contribution is -0.117. The van der Waals surface area contributed by atoms with Gasteiger partial charge in [0.15, 0.2) is 0 Å². The summed E-state index contributed by atoms with van der Waals surface area (Å²) in [6, 6.07) is 9.90. The van der Waals surface area contributed by atoms with E-state index >= 15 is 0 Å². The second-order valence-electron chi connectivity index (χ2n) is 3.47. The van der Waals surface area contributed by atoms with Gasteiger partial charge in [0.25, 0.3) is 0 Å². The molecule has 1 amide bonds. The Morgan fingerprint density at radius 1 is 1.44 bits per heavy atom. The zero-order chi connectivity index (χ0) is 11.4. The van der Waals surface area contributed by atoms with E-state index in [4.69, 9.17) is 5.53 Å². The smallest absolute Gasteiger partial charge is 0.219 e. The largest absolute Gasteiger partial charge is 0.358 e. The molecule has 0 fully saturated rings. The minimum absolute atomic E-state index is 0.233. The average Bonchev–Trinajstić information content (AvgIpc) is 2.69. The molecule has 0 aliphatic rings. The molecule has 5 heteroatoms. The summed E-state index contributed by atoms with van der Waals surface area (Å²) in [5.41, 5.74) is 10.1. The molecule has 1 heterocycles. The van der Waals surface area contributed by atoms with E-state index in [1.807, 2.05) is 30.3 Å². The predicted octanol–water partition coefficient (Wildman–Crippen LogP) is 2.94. The van der Waals surface area contributed by atoms with Gasteiger partial charge in [0.1, 0.15) is 0 Å². The molecule has 0 saturated carbocycles. The molecule has 0 atom stereocenters. The Kier molecular flexibility index (Phi) is 2.89. The number of aromatic nitrogens is 1. The van der Waals surface area contributed by atoms with E-state index in [2.05, 4.69) is 15.0 Å². The number of carbonyl (C=O) groups is 1. The maximum absolute atomic E-state index is 11.0. The lowest BCUT2D eigenvalue weighted by Gasteiger charge is -1.92. The number of carbonyl (C=O) groups excluding carboxylic acids is 1. The van der Waals surface area contributed by atoms with Gasteiger partial charge in [0, 0.05) is 22.5 Å². The van der Waals surface area contributed by atoms with Gasteiger partial charge in [0.05, 0.1) is 0 Å². The molecule has 0 spiro atoms. The molecule has 80 valence electrons. The van der Waals surface area contributed by atoms with Crippen LogP contribution in [-0.4, -0.2) is 10.9 Å². The topological polar surface area (TPSA) is 81.6 Å². The summed E-state index contributed by atoms with van der Waals surface area (Å²) in [5, 5.41) is 4.14. The zero-order valence-corrected chi connectivity index (χ0v) is 8.55. The van der Waals surface area contributed by atoms with Crippen LogP contribution in [0.3, 0.4) is 0 Å². The maximum Gasteiger partial charge on any atom is 0.219 e. The minimum atomic E-state index is -0.429. The number of fused-ring (bicyclic) bond motifs is 1. The first-order valence-corrected chi connectivity index (χ1v) is 4.94. The first kappa shape index (κ1) is 10.3. The van der Waals surface area contributed by atoms with Crippen LogP contribution in [-0.2, 0) is 11.2 Å². The van der Waals surface area contributed by atoms with Crippen LogP contribution in [0.25, 0.3) is 21.3 Å². The van der Waals surface area contributed by atoms with Gasteiger partial charge in [0.2, 0.25) is 5.91 Å². The van der Waals surface area contributed by atoms with E-state index < -0.39 is 5.91 Å². The van der Waals surface area contributed by atoms with Crippen molar-refractivity contribution in [3.63, 3.8) is 0 Å². The van der Waals surface area contributed by atoms with Crippen LogP contribution in [0.1, 0.15) is 12.1 Å². The summed E-state index contributed by atoms with van der Waals surface area (Å²) in [6.07, 6.45) is 0.795. The second-order valence-corrected chi connectivity index (χ2v) is 3.47. The first-order chi connectivity index (χ1) is 7.79. The summed E-state index contributed by atoms with van der Waals surface area (Å²) in [7, 11) is 0. The van der Waals surface area contributed by atoms with Crippen molar-refractivity contribution in [2.75, 3.05) is 0 Å². The number of nitrogens with one attached hydrogen (secondary N) is 1. The number of hydrogen-bond donors (Lipinski definition) is 1. The number of aryl methyl sites for hydroxylation is 1. The van der Waals surface area contributed by atoms with Crippen LogP contribution in [0, 0.1) is 0 Å². The van der Waals surface area contributed by atoms with E-state index in [0.29, 0.717) is 6.42 Å². The fourth-order valence-corrected chi connectivity index (χ4v) is 1.61. The third-order valence-electron chi connectivity index (χ3n) is 2.35. The van der Waals surface area contributed by atoms with Crippen LogP contribution < -0.4 is 0 Å². The van der Waals surface area contributed by atoms with E-state index in [-0.39, 0.29) is 6.42 Å². The molecule has 0 unspecified atom stereocenters. The van der Waals surface area contributed by atoms with Crippen molar-refractivity contribution in [1.82, 2.24) is 4.98 Å². The van der Waals surface area contributed by atoms with Gasteiger partial charge < -0.3 is 4.98 Å². The Balaban J connectivity index is 2.10. The second kappa shape index (κ2) is 4.51. The minimum Gasteiger partial charge on any atom is -0.358 e. The van der Waals surface area contributed by atoms with E-state index in [9.17, 15) is 4.79 Å². The van der Waals surface area contributed by atoms with E-state index in [1.54, 1.807) is 0 Å². The molecular formula is C11H10N4O. The Morgan fingerprint density at radius 3 is 3.00 bits per heavy atom. The maximum atomic E-state index is 11.0. The SMILES string of the molecule is [N-]=[N+]=NC(=O)CCc1cc2ccccc2[nH]1. The number of rotatable bonds is 3. The van der Waals surface area contributed by atoms with Gasteiger partial charge in [-0.3, -0.25) is 4.79 Å². The van der Waals surface area contributed by atoms with E-state index in [0.717, 1.165) is 16.6 Å². The van der Waals surface area contributed by atoms with Crippen molar-refractivity contribution in [2.45, 2.75) is 12.8 Å². The number of aromatic amines is 1. The number of hydrogen-bond acceptors (Lipinski definition) is 1. The van der Waals surface area contributed by atoms with Crippen LogP contribution in [0.2, 0.25) is 0 Å². The molecule has 0 radical (unpaired) electrons. The molecule has 1 N–H and O–H groups in total. The highest BCUT2D eigenvalue weighted by atomic mass is 16.1. The first-order valence-electron chi connectivity index (χ1n) is 4.94. The standard InChI is InChI=1S/C11H10N4O/c12-15-14-11(16)6-5-9-7-8-3-1-2-4-10(8)13-9/h1-4,7,13H,5-6H2. The van der Waals surface area contributed by atoms with Gasteiger partial charge in [-0.15, -0.1) is 0 Å². The van der Waals surface area contributed by atoms with Crippen LogP contribution in [0.4, 0.5) is 0 Å². The van der Waals surface area contributed by atoms with Crippen molar-refractivity contribution in [2.24, 2.45) is 5.11 Å². The average molecular weight is 214 g/mol. The molecule has 0 aliphatic carbocycles. The molecular weight excluding hydrogens is 204 g/mol. The number of nitrogens with zero attached hydrogens (tertiary/aromatic N) is 3. The van der Waals surface area contributed by atoms with Crippen molar-refractivity contribution in [1.29, 1.82) is 0 Å². The highest BCUT2D eigenvalue weighted by Crippen LogP contribution is 2.15. The predicted molar refractivity (Wildman–Crippen MR) is 60.8 cm³/mol. The van der Waals surface area contributed by atoms with Crippen molar-refractivity contribution >= 4 is 16.8 Å². The Bertz CT molecular complexity index is 533. The molecule has 0 aliphatic heterocycles. The third-order valence-corrected chi connectivity index (χ3v) is 2.35. The van der Waals surface area contributed by atoms with Gasteiger partial charge >= 0.3 is 0 Å². The fraction of sp³-hybridized carbons (Fsp3) is 0.182. The van der Waals surface area contributed by atoms with Crippen molar-refractivity contribution in [3.05, 3.63) is 46.5 Å². The summed E-state index contributed by atoms with van der Waals surface area (Å²) in [5.74, 6) is -0.429. The molecule has 1 aromatic carbocycles. The van der Waals surface area contributed by atoms with Gasteiger partial charge in [-0.05, 0) is 34.6 Å². The van der Waals surface area contributed by atoms with Crippen LogP contribution >= 0.6 is 0 Å². The highest BCUT2D eigenvalue weighted by Gasteiger charge is 2.02. The summed E-state index contributed by atoms with van der Waals surface area (Å²) in [6.45, 7) is 0. The van der Waals surface area contributed by atoms with Crippen molar-refractivity contribution in [3.8, 4) is 0 Å². The van der Waals surface area contributed by atoms with Crippen molar-refractivity contribution < 1.29 is 4.79 Å². The molecule has 0 saturated heterocycles. The fourth-order valence-electron chi connectivity index (χ4n) is 1.61. The van der Waals surface area contributed by atoms with Crippen LogP contribution in [0.5, 0.6) is 0 Å². The van der Waals surface area contributed by atoms with Gasteiger partial charge in [-0.25, -0.2) is 0 Å². The molecule has 16 heavy (non-hydrogen) atoms. The van der Waals surface area contributed by atoms with Gasteiger partial charge in [-0.2, -0.15) is 0 Å². The molecule has 2 aromatic rings. The van der Waals surface area contributed by atoms with Gasteiger partial charge in [-0.1, -0.05) is 18.2 Å². The molecule has 2 rings (SSSR count). The monoisotopic (exact) mass is 214 g/mol. The summed E-state index contributed by atoms with van der Waals surface area (Å²) in [4.78, 5) is 16.7. The molecule has 0 bridgehead atoms. The molecule has 5 nitrogen and oxygen atoms in total. The number of azide groups is 1. The van der Waals surface area contributed by atoms with E-state index in [1.165, 1.54) is 0 Å². The Morgan fingerprint density at radius 2 is 2.25 bits per heavy atom. The van der Waals surface area contributed by atoms with Crippen LogP contribution in [0.15, 0.2) is 35.4 Å². The third kappa shape index (κ3) is 2.21. The quantitative estimate of drug-likeness (QED) is 0.475. The number of para-hydroxylation sites is 1.